The lowest BCUT2D eigenvalue weighted by molar-refractivity contribution is -0.135. The lowest BCUT2D eigenvalue weighted by atomic mass is 10.3. The molecular weight excluding hydrogens is 324 g/mol. The van der Waals surface area contributed by atoms with Gasteiger partial charge in [-0.2, -0.15) is 5.10 Å². The van der Waals surface area contributed by atoms with E-state index in [1.807, 2.05) is 23.6 Å². The van der Waals surface area contributed by atoms with Crippen molar-refractivity contribution < 1.29 is 9.53 Å². The van der Waals surface area contributed by atoms with E-state index in [1.165, 1.54) is 0 Å². The normalized spacial score (nSPS) is 15.7. The topological polar surface area (TPSA) is 59.4 Å². The molecule has 1 N–H and O–H groups in total. The van der Waals surface area contributed by atoms with Gasteiger partial charge in [-0.05, 0) is 22.9 Å². The van der Waals surface area contributed by atoms with Crippen LogP contribution in [0.2, 0.25) is 0 Å². The van der Waals surface area contributed by atoms with Crippen molar-refractivity contribution in [3.8, 4) is 0 Å². The largest absolute Gasteiger partial charge is 0.378 e. The van der Waals surface area contributed by atoms with Crippen LogP contribution >= 0.6 is 15.9 Å². The van der Waals surface area contributed by atoms with E-state index in [9.17, 15) is 4.79 Å². The van der Waals surface area contributed by atoms with Gasteiger partial charge in [-0.25, -0.2) is 0 Å². The van der Waals surface area contributed by atoms with Crippen molar-refractivity contribution in [3.63, 3.8) is 0 Å². The van der Waals surface area contributed by atoms with Crippen LogP contribution in [-0.2, 0) is 23.1 Å². The summed E-state index contributed by atoms with van der Waals surface area (Å²) in [7, 11) is 1.92. The van der Waals surface area contributed by atoms with Crippen LogP contribution in [0.15, 0.2) is 4.47 Å². The SMILES string of the molecule is Cc1nn(C)c(CNCCC(=O)N2CCOCC2)c1Br. The number of carbonyl (C=O) groups is 1. The molecule has 7 heteroatoms. The monoisotopic (exact) mass is 344 g/mol. The highest BCUT2D eigenvalue weighted by atomic mass is 79.9. The van der Waals surface area contributed by atoms with Gasteiger partial charge in [0.15, 0.2) is 0 Å². The number of morpholine rings is 1. The van der Waals surface area contributed by atoms with Crippen LogP contribution in [0.1, 0.15) is 17.8 Å². The minimum atomic E-state index is 0.195. The molecule has 2 heterocycles. The summed E-state index contributed by atoms with van der Waals surface area (Å²) in [6, 6.07) is 0. The molecule has 1 fully saturated rings. The van der Waals surface area contributed by atoms with Crippen molar-refractivity contribution in [1.82, 2.24) is 20.0 Å². The summed E-state index contributed by atoms with van der Waals surface area (Å²) in [5, 5.41) is 7.64. The highest BCUT2D eigenvalue weighted by Crippen LogP contribution is 2.19. The Balaban J connectivity index is 1.72. The third kappa shape index (κ3) is 3.80. The molecule has 0 saturated carbocycles. The summed E-state index contributed by atoms with van der Waals surface area (Å²) in [5.74, 6) is 0.195. The summed E-state index contributed by atoms with van der Waals surface area (Å²) >= 11 is 3.53. The predicted octanol–water partition coefficient (Wildman–Crippen LogP) is 0.830. The van der Waals surface area contributed by atoms with Gasteiger partial charge in [0, 0.05) is 39.6 Å². The Morgan fingerprint density at radius 1 is 1.45 bits per heavy atom. The molecule has 112 valence electrons. The Labute approximate surface area is 127 Å². The molecule has 0 aromatic carbocycles. The van der Waals surface area contributed by atoms with Crippen LogP contribution in [0, 0.1) is 6.92 Å². The standard InChI is InChI=1S/C13H21BrN4O2/c1-10-13(14)11(17(2)16-10)9-15-4-3-12(19)18-5-7-20-8-6-18/h15H,3-9H2,1-2H3. The zero-order chi connectivity index (χ0) is 14.5. The number of hydrogen-bond acceptors (Lipinski definition) is 4. The number of ether oxygens (including phenoxy) is 1. The van der Waals surface area contributed by atoms with Crippen LogP contribution in [-0.4, -0.2) is 53.4 Å². The minimum Gasteiger partial charge on any atom is -0.378 e. The molecule has 6 nitrogen and oxygen atoms in total. The van der Waals surface area contributed by atoms with Gasteiger partial charge in [0.1, 0.15) is 0 Å². The van der Waals surface area contributed by atoms with Gasteiger partial charge in [0.25, 0.3) is 0 Å². The molecule has 0 atom stereocenters. The average molecular weight is 345 g/mol. The fraction of sp³-hybridized carbons (Fsp3) is 0.692. The Bertz CT molecular complexity index is 469. The van der Waals surface area contributed by atoms with E-state index in [2.05, 4.69) is 26.3 Å². The van der Waals surface area contributed by atoms with Crippen LogP contribution in [0.25, 0.3) is 0 Å². The minimum absolute atomic E-state index is 0.195. The quantitative estimate of drug-likeness (QED) is 0.804. The van der Waals surface area contributed by atoms with E-state index in [-0.39, 0.29) is 5.91 Å². The lowest BCUT2D eigenvalue weighted by Gasteiger charge is -2.26. The maximum Gasteiger partial charge on any atom is 0.224 e. The smallest absolute Gasteiger partial charge is 0.224 e. The summed E-state index contributed by atoms with van der Waals surface area (Å²) in [6.45, 7) is 6.08. The molecule has 0 bridgehead atoms. The number of hydrogen-bond donors (Lipinski definition) is 1. The van der Waals surface area contributed by atoms with E-state index in [0.29, 0.717) is 45.8 Å². The van der Waals surface area contributed by atoms with Crippen molar-refractivity contribution in [1.29, 1.82) is 0 Å². The number of nitrogens with zero attached hydrogens (tertiary/aromatic N) is 3. The maximum absolute atomic E-state index is 12.0. The summed E-state index contributed by atoms with van der Waals surface area (Å²) < 4.78 is 8.13. The van der Waals surface area contributed by atoms with Gasteiger partial charge in [0.05, 0.1) is 29.1 Å². The highest BCUT2D eigenvalue weighted by Gasteiger charge is 2.16. The summed E-state index contributed by atoms with van der Waals surface area (Å²) in [5.41, 5.74) is 2.08. The van der Waals surface area contributed by atoms with Crippen molar-refractivity contribution in [2.75, 3.05) is 32.8 Å². The third-order valence-corrected chi connectivity index (χ3v) is 4.47. The zero-order valence-electron chi connectivity index (χ0n) is 12.0. The first-order valence-electron chi connectivity index (χ1n) is 6.84. The first kappa shape index (κ1) is 15.5. The first-order valence-corrected chi connectivity index (χ1v) is 7.63. The summed E-state index contributed by atoms with van der Waals surface area (Å²) in [6.07, 6.45) is 0.522. The second kappa shape index (κ2) is 7.19. The van der Waals surface area contributed by atoms with Crippen molar-refractivity contribution in [2.24, 2.45) is 7.05 Å². The number of nitrogens with one attached hydrogen (secondary N) is 1. The highest BCUT2D eigenvalue weighted by molar-refractivity contribution is 9.10. The molecule has 0 spiro atoms. The van der Waals surface area contributed by atoms with Crippen molar-refractivity contribution in [3.05, 3.63) is 15.9 Å². The summed E-state index contributed by atoms with van der Waals surface area (Å²) in [4.78, 5) is 13.8. The maximum atomic E-state index is 12.0. The number of aromatic nitrogens is 2. The molecule has 0 aliphatic carbocycles. The Morgan fingerprint density at radius 3 is 2.75 bits per heavy atom. The molecule has 2 rings (SSSR count). The molecule has 1 aromatic rings. The van der Waals surface area contributed by atoms with Crippen LogP contribution in [0.3, 0.4) is 0 Å². The second-order valence-electron chi connectivity index (χ2n) is 4.89. The average Bonchev–Trinajstić information content (AvgIpc) is 2.70. The van der Waals surface area contributed by atoms with Gasteiger partial charge in [-0.15, -0.1) is 0 Å². The van der Waals surface area contributed by atoms with E-state index < -0.39 is 0 Å². The van der Waals surface area contributed by atoms with Gasteiger partial charge in [0.2, 0.25) is 5.91 Å². The molecule has 1 saturated heterocycles. The van der Waals surface area contributed by atoms with E-state index in [4.69, 9.17) is 4.74 Å². The number of amides is 1. The molecule has 1 aromatic heterocycles. The number of rotatable bonds is 5. The van der Waals surface area contributed by atoms with Crippen molar-refractivity contribution >= 4 is 21.8 Å². The number of carbonyl (C=O) groups excluding carboxylic acids is 1. The number of aryl methyl sites for hydroxylation is 2. The molecule has 1 amide bonds. The Kier molecular flexibility index (Phi) is 5.56. The predicted molar refractivity (Wildman–Crippen MR) is 79.4 cm³/mol. The van der Waals surface area contributed by atoms with Crippen LogP contribution in [0.4, 0.5) is 0 Å². The second-order valence-corrected chi connectivity index (χ2v) is 5.68. The zero-order valence-corrected chi connectivity index (χ0v) is 13.6. The third-order valence-electron chi connectivity index (χ3n) is 3.43. The fourth-order valence-corrected chi connectivity index (χ4v) is 2.72. The van der Waals surface area contributed by atoms with Gasteiger partial charge >= 0.3 is 0 Å². The van der Waals surface area contributed by atoms with Gasteiger partial charge < -0.3 is 15.0 Å². The lowest BCUT2D eigenvalue weighted by Crippen LogP contribution is -2.41. The fourth-order valence-electron chi connectivity index (χ4n) is 2.25. The molecule has 1 aliphatic heterocycles. The first-order chi connectivity index (χ1) is 9.59. The van der Waals surface area contributed by atoms with E-state index in [1.54, 1.807) is 0 Å². The van der Waals surface area contributed by atoms with Gasteiger partial charge in [-0.3, -0.25) is 9.48 Å². The van der Waals surface area contributed by atoms with E-state index in [0.717, 1.165) is 15.9 Å². The number of halogens is 1. The van der Waals surface area contributed by atoms with Crippen LogP contribution < -0.4 is 5.32 Å². The molecule has 0 unspecified atom stereocenters. The van der Waals surface area contributed by atoms with Gasteiger partial charge in [-0.1, -0.05) is 0 Å². The molecule has 20 heavy (non-hydrogen) atoms. The van der Waals surface area contributed by atoms with Crippen molar-refractivity contribution in [2.45, 2.75) is 19.9 Å². The van der Waals surface area contributed by atoms with Crippen LogP contribution in [0.5, 0.6) is 0 Å². The molecule has 1 aliphatic rings. The Hall–Kier alpha value is -0.920. The molecular formula is C13H21BrN4O2. The Morgan fingerprint density at radius 2 is 2.15 bits per heavy atom. The van der Waals surface area contributed by atoms with E-state index >= 15 is 0 Å². The molecule has 0 radical (unpaired) electrons.